The summed E-state index contributed by atoms with van der Waals surface area (Å²) in [6.07, 6.45) is 4.16. The van der Waals surface area contributed by atoms with E-state index in [9.17, 15) is 4.79 Å². The molecule has 6 heteroatoms. The van der Waals surface area contributed by atoms with Gasteiger partial charge in [-0.1, -0.05) is 15.9 Å². The van der Waals surface area contributed by atoms with Crippen LogP contribution in [0.25, 0.3) is 11.4 Å². The number of carbonyl (C=O) groups is 1. The molecule has 3 aromatic rings. The molecule has 0 saturated carbocycles. The molecule has 0 atom stereocenters. The van der Waals surface area contributed by atoms with Crippen molar-refractivity contribution in [3.05, 3.63) is 64.5 Å². The van der Waals surface area contributed by atoms with Crippen molar-refractivity contribution in [2.75, 3.05) is 0 Å². The molecule has 0 bridgehead atoms. The molecule has 0 aliphatic carbocycles. The molecule has 23 heavy (non-hydrogen) atoms. The fourth-order valence-electron chi connectivity index (χ4n) is 2.01. The zero-order valence-corrected chi connectivity index (χ0v) is 13.8. The molecule has 5 nitrogen and oxygen atoms in total. The number of halogens is 1. The van der Waals surface area contributed by atoms with Gasteiger partial charge in [0.15, 0.2) is 12.1 Å². The van der Waals surface area contributed by atoms with Gasteiger partial charge in [-0.3, -0.25) is 9.78 Å². The maximum absolute atomic E-state index is 11.0. The Balaban J connectivity index is 1.95. The fraction of sp³-hybridized carbons (Fsp3) is 0.0588. The summed E-state index contributed by atoms with van der Waals surface area (Å²) in [6, 6.07) is 10.6. The average Bonchev–Trinajstić information content (AvgIpc) is 2.57. The van der Waals surface area contributed by atoms with Crippen LogP contribution in [0.1, 0.15) is 16.1 Å². The first-order valence-electron chi connectivity index (χ1n) is 6.84. The summed E-state index contributed by atoms with van der Waals surface area (Å²) in [6.45, 7) is 1.87. The summed E-state index contributed by atoms with van der Waals surface area (Å²) in [7, 11) is 0. The number of hydrogen-bond donors (Lipinski definition) is 0. The van der Waals surface area contributed by atoms with Crippen molar-refractivity contribution in [3.8, 4) is 23.0 Å². The number of pyridine rings is 1. The Kier molecular flexibility index (Phi) is 4.43. The molecular weight excluding hydrogens is 358 g/mol. The number of aryl methyl sites for hydroxylation is 1. The van der Waals surface area contributed by atoms with Gasteiger partial charge in [-0.05, 0) is 37.3 Å². The standard InChI is InChI=1S/C17H12BrN3O2/c1-11-7-16(21-17(20-11)12-3-2-6-19-9-12)23-14-4-5-15(18)13(8-14)10-22/h2-10H,1H3. The smallest absolute Gasteiger partial charge is 0.223 e. The molecule has 2 heterocycles. The maximum atomic E-state index is 11.0. The van der Waals surface area contributed by atoms with E-state index in [-0.39, 0.29) is 0 Å². The van der Waals surface area contributed by atoms with Crippen molar-refractivity contribution < 1.29 is 9.53 Å². The molecular formula is C17H12BrN3O2. The van der Waals surface area contributed by atoms with Crippen LogP contribution in [0.3, 0.4) is 0 Å². The Hall–Kier alpha value is -2.60. The summed E-state index contributed by atoms with van der Waals surface area (Å²) in [5.74, 6) is 1.49. The first kappa shape index (κ1) is 15.3. The fourth-order valence-corrected chi connectivity index (χ4v) is 2.35. The van der Waals surface area contributed by atoms with Crippen LogP contribution in [0.5, 0.6) is 11.6 Å². The number of nitrogens with zero attached hydrogens (tertiary/aromatic N) is 3. The van der Waals surface area contributed by atoms with Crippen LogP contribution in [0.4, 0.5) is 0 Å². The number of benzene rings is 1. The quantitative estimate of drug-likeness (QED) is 0.644. The second kappa shape index (κ2) is 6.66. The van der Waals surface area contributed by atoms with Crippen LogP contribution in [-0.2, 0) is 0 Å². The van der Waals surface area contributed by atoms with E-state index < -0.39 is 0 Å². The van der Waals surface area contributed by atoms with Crippen molar-refractivity contribution in [2.24, 2.45) is 0 Å². The predicted molar refractivity (Wildman–Crippen MR) is 89.6 cm³/mol. The molecule has 0 fully saturated rings. The van der Waals surface area contributed by atoms with Crippen LogP contribution in [-0.4, -0.2) is 21.2 Å². The lowest BCUT2D eigenvalue weighted by molar-refractivity contribution is 0.112. The molecule has 0 radical (unpaired) electrons. The van der Waals surface area contributed by atoms with Crippen LogP contribution in [0.15, 0.2) is 53.3 Å². The van der Waals surface area contributed by atoms with Gasteiger partial charge in [-0.25, -0.2) is 4.98 Å². The number of rotatable bonds is 4. The third-order valence-electron chi connectivity index (χ3n) is 3.07. The maximum Gasteiger partial charge on any atom is 0.223 e. The van der Waals surface area contributed by atoms with Gasteiger partial charge >= 0.3 is 0 Å². The van der Waals surface area contributed by atoms with E-state index in [0.29, 0.717) is 23.0 Å². The average molecular weight is 370 g/mol. The van der Waals surface area contributed by atoms with Crippen molar-refractivity contribution in [1.29, 1.82) is 0 Å². The van der Waals surface area contributed by atoms with Crippen LogP contribution < -0.4 is 4.74 Å². The first-order valence-corrected chi connectivity index (χ1v) is 7.63. The molecule has 0 unspecified atom stereocenters. The Labute approximate surface area is 141 Å². The highest BCUT2D eigenvalue weighted by Gasteiger charge is 2.08. The zero-order valence-electron chi connectivity index (χ0n) is 12.2. The highest BCUT2D eigenvalue weighted by atomic mass is 79.9. The summed E-state index contributed by atoms with van der Waals surface area (Å²) in [5.41, 5.74) is 2.10. The first-order chi connectivity index (χ1) is 11.2. The number of carbonyl (C=O) groups excluding carboxylic acids is 1. The molecule has 0 N–H and O–H groups in total. The lowest BCUT2D eigenvalue weighted by atomic mass is 10.2. The third-order valence-corrected chi connectivity index (χ3v) is 3.79. The Morgan fingerprint density at radius 3 is 2.78 bits per heavy atom. The number of aldehydes is 1. The monoisotopic (exact) mass is 369 g/mol. The second-order valence-corrected chi connectivity index (χ2v) is 5.67. The lowest BCUT2D eigenvalue weighted by Crippen LogP contribution is -1.96. The lowest BCUT2D eigenvalue weighted by Gasteiger charge is -2.08. The van der Waals surface area contributed by atoms with Crippen LogP contribution in [0, 0.1) is 6.92 Å². The number of aromatic nitrogens is 3. The highest BCUT2D eigenvalue weighted by Crippen LogP contribution is 2.26. The summed E-state index contributed by atoms with van der Waals surface area (Å²) < 4.78 is 6.48. The summed E-state index contributed by atoms with van der Waals surface area (Å²) in [5, 5.41) is 0. The molecule has 0 amide bonds. The molecule has 3 rings (SSSR count). The van der Waals surface area contributed by atoms with Crippen LogP contribution >= 0.6 is 15.9 Å². The Bertz CT molecular complexity index is 854. The molecule has 0 spiro atoms. The van der Waals surface area contributed by atoms with Crippen molar-refractivity contribution in [1.82, 2.24) is 15.0 Å². The minimum atomic E-state index is 0.413. The number of ether oxygens (including phenoxy) is 1. The van der Waals surface area contributed by atoms with Gasteiger partial charge in [0.05, 0.1) is 0 Å². The summed E-state index contributed by atoms with van der Waals surface area (Å²) in [4.78, 5) is 23.9. The van der Waals surface area contributed by atoms with Gasteiger partial charge in [0.1, 0.15) is 5.75 Å². The third kappa shape index (κ3) is 3.60. The second-order valence-electron chi connectivity index (χ2n) is 4.82. The van der Waals surface area contributed by atoms with Crippen LogP contribution in [0.2, 0.25) is 0 Å². The van der Waals surface area contributed by atoms with Gasteiger partial charge in [-0.2, -0.15) is 4.98 Å². The van der Waals surface area contributed by atoms with E-state index in [1.165, 1.54) is 0 Å². The normalized spacial score (nSPS) is 10.3. The SMILES string of the molecule is Cc1cc(Oc2ccc(Br)c(C=O)c2)nc(-c2cccnc2)n1. The Morgan fingerprint density at radius 2 is 2.04 bits per heavy atom. The van der Waals surface area contributed by atoms with E-state index in [1.807, 2.05) is 19.1 Å². The van der Waals surface area contributed by atoms with Gasteiger partial charge in [-0.15, -0.1) is 0 Å². The van der Waals surface area contributed by atoms with E-state index >= 15 is 0 Å². The van der Waals surface area contributed by atoms with Crippen molar-refractivity contribution in [3.63, 3.8) is 0 Å². The van der Waals surface area contributed by atoms with E-state index in [0.717, 1.165) is 22.0 Å². The zero-order chi connectivity index (χ0) is 16.2. The van der Waals surface area contributed by atoms with E-state index in [1.54, 1.807) is 36.7 Å². The topological polar surface area (TPSA) is 65.0 Å². The van der Waals surface area contributed by atoms with Gasteiger partial charge in [0.2, 0.25) is 5.88 Å². The molecule has 114 valence electrons. The summed E-state index contributed by atoms with van der Waals surface area (Å²) >= 11 is 3.31. The van der Waals surface area contributed by atoms with Gasteiger partial charge < -0.3 is 4.74 Å². The largest absolute Gasteiger partial charge is 0.439 e. The van der Waals surface area contributed by atoms with E-state index in [4.69, 9.17) is 4.74 Å². The van der Waals surface area contributed by atoms with E-state index in [2.05, 4.69) is 30.9 Å². The van der Waals surface area contributed by atoms with Gasteiger partial charge in [0.25, 0.3) is 0 Å². The highest BCUT2D eigenvalue weighted by molar-refractivity contribution is 9.10. The molecule has 1 aromatic carbocycles. The molecule has 2 aromatic heterocycles. The number of hydrogen-bond acceptors (Lipinski definition) is 5. The minimum Gasteiger partial charge on any atom is -0.439 e. The minimum absolute atomic E-state index is 0.413. The van der Waals surface area contributed by atoms with Gasteiger partial charge in [0, 0.05) is 39.8 Å². The Morgan fingerprint density at radius 1 is 1.17 bits per heavy atom. The molecule has 0 saturated heterocycles. The molecule has 0 aliphatic rings. The van der Waals surface area contributed by atoms with Crippen molar-refractivity contribution >= 4 is 22.2 Å². The van der Waals surface area contributed by atoms with Crippen molar-refractivity contribution in [2.45, 2.75) is 6.92 Å². The molecule has 0 aliphatic heterocycles. The predicted octanol–water partition coefficient (Wildman–Crippen LogP) is 4.21.